The van der Waals surface area contributed by atoms with E-state index in [1.54, 1.807) is 6.07 Å². The molecule has 58 valence electrons. The summed E-state index contributed by atoms with van der Waals surface area (Å²) < 4.78 is 5.05. The van der Waals surface area contributed by atoms with Crippen LogP contribution in [0.3, 0.4) is 0 Å². The van der Waals surface area contributed by atoms with E-state index < -0.39 is 0 Å². The van der Waals surface area contributed by atoms with Gasteiger partial charge >= 0.3 is 0 Å². The molecule has 0 aliphatic carbocycles. The Kier molecular flexibility index (Phi) is 1.34. The lowest BCUT2D eigenvalue weighted by molar-refractivity contribution is 0.602. The van der Waals surface area contributed by atoms with Crippen molar-refractivity contribution in [2.24, 2.45) is 0 Å². The highest BCUT2D eigenvalue weighted by molar-refractivity contribution is 5.75. The average molecular weight is 158 g/mol. The van der Waals surface area contributed by atoms with Crippen LogP contribution >= 0.6 is 0 Å². The number of benzene rings is 1. The predicted octanol–water partition coefficient (Wildman–Crippen LogP) is 2.01. The topological polar surface area (TPSA) is 49.8 Å². The normalized spacial score (nSPS) is 10.0. The largest absolute Gasteiger partial charge is 0.443 e. The SMILES string of the molecule is Cc1cc2ncoc2cc1C#N. The van der Waals surface area contributed by atoms with Crippen LogP contribution in [0.5, 0.6) is 0 Å². The minimum atomic E-state index is 0.638. The van der Waals surface area contributed by atoms with Crippen LogP contribution in [0.2, 0.25) is 0 Å². The van der Waals surface area contributed by atoms with Crippen molar-refractivity contribution in [3.05, 3.63) is 29.7 Å². The number of hydrogen-bond acceptors (Lipinski definition) is 3. The molecule has 0 saturated carbocycles. The Bertz CT molecular complexity index is 465. The van der Waals surface area contributed by atoms with Crippen molar-refractivity contribution in [2.45, 2.75) is 6.92 Å². The molecule has 2 rings (SSSR count). The summed E-state index contributed by atoms with van der Waals surface area (Å²) in [6.45, 7) is 1.88. The number of oxazole rings is 1. The van der Waals surface area contributed by atoms with Crippen LogP contribution in [-0.2, 0) is 0 Å². The Balaban J connectivity index is 2.84. The third-order valence-corrected chi connectivity index (χ3v) is 1.80. The Labute approximate surface area is 69.2 Å². The highest BCUT2D eigenvalue weighted by atomic mass is 16.3. The fraction of sp³-hybridized carbons (Fsp3) is 0.111. The molecule has 0 spiro atoms. The number of hydrogen-bond donors (Lipinski definition) is 0. The first-order valence-corrected chi connectivity index (χ1v) is 3.55. The fourth-order valence-electron chi connectivity index (χ4n) is 1.13. The summed E-state index contributed by atoms with van der Waals surface area (Å²) in [6.07, 6.45) is 1.38. The third kappa shape index (κ3) is 0.857. The quantitative estimate of drug-likeness (QED) is 0.589. The van der Waals surface area contributed by atoms with Crippen molar-refractivity contribution in [1.82, 2.24) is 4.98 Å². The summed E-state index contributed by atoms with van der Waals surface area (Å²) in [6, 6.07) is 5.64. The van der Waals surface area contributed by atoms with Crippen molar-refractivity contribution < 1.29 is 4.42 Å². The van der Waals surface area contributed by atoms with Crippen LogP contribution in [0.25, 0.3) is 11.1 Å². The van der Waals surface area contributed by atoms with Gasteiger partial charge in [0.25, 0.3) is 0 Å². The molecular formula is C9H6N2O. The molecule has 0 aliphatic rings. The summed E-state index contributed by atoms with van der Waals surface area (Å²) >= 11 is 0. The predicted molar refractivity (Wildman–Crippen MR) is 43.5 cm³/mol. The van der Waals surface area contributed by atoms with Crippen molar-refractivity contribution in [3.8, 4) is 6.07 Å². The second-order valence-corrected chi connectivity index (χ2v) is 2.60. The highest BCUT2D eigenvalue weighted by Crippen LogP contribution is 2.17. The molecule has 1 heterocycles. The Morgan fingerprint density at radius 3 is 3.08 bits per heavy atom. The van der Waals surface area contributed by atoms with Crippen LogP contribution in [-0.4, -0.2) is 4.98 Å². The van der Waals surface area contributed by atoms with Gasteiger partial charge in [-0.2, -0.15) is 5.26 Å². The minimum absolute atomic E-state index is 0.638. The van der Waals surface area contributed by atoms with Gasteiger partial charge in [-0.25, -0.2) is 4.98 Å². The lowest BCUT2D eigenvalue weighted by atomic mass is 10.1. The molecule has 1 aromatic heterocycles. The van der Waals surface area contributed by atoms with Gasteiger partial charge in [0.1, 0.15) is 5.52 Å². The van der Waals surface area contributed by atoms with Gasteiger partial charge in [0, 0.05) is 6.07 Å². The smallest absolute Gasteiger partial charge is 0.181 e. The maximum absolute atomic E-state index is 8.70. The van der Waals surface area contributed by atoms with E-state index in [1.165, 1.54) is 6.39 Å². The maximum atomic E-state index is 8.70. The van der Waals surface area contributed by atoms with Crippen molar-refractivity contribution in [1.29, 1.82) is 5.26 Å². The molecule has 0 aliphatic heterocycles. The fourth-order valence-corrected chi connectivity index (χ4v) is 1.13. The van der Waals surface area contributed by atoms with E-state index in [0.29, 0.717) is 11.1 Å². The second-order valence-electron chi connectivity index (χ2n) is 2.60. The zero-order valence-corrected chi connectivity index (χ0v) is 6.53. The summed E-state index contributed by atoms with van der Waals surface area (Å²) in [5.74, 6) is 0. The molecule has 0 fully saturated rings. The standard InChI is InChI=1S/C9H6N2O/c1-6-2-8-9(12-5-11-8)3-7(6)4-10/h2-3,5H,1H3. The lowest BCUT2D eigenvalue weighted by Gasteiger charge is -1.93. The summed E-state index contributed by atoms with van der Waals surface area (Å²) in [7, 11) is 0. The van der Waals surface area contributed by atoms with E-state index in [1.807, 2.05) is 13.0 Å². The summed E-state index contributed by atoms with van der Waals surface area (Å²) in [4.78, 5) is 3.98. The Hall–Kier alpha value is -1.82. The molecule has 0 radical (unpaired) electrons. The zero-order chi connectivity index (χ0) is 8.55. The van der Waals surface area contributed by atoms with Gasteiger partial charge in [-0.05, 0) is 18.6 Å². The van der Waals surface area contributed by atoms with Gasteiger partial charge in [-0.3, -0.25) is 0 Å². The number of aryl methyl sites for hydroxylation is 1. The van der Waals surface area contributed by atoms with E-state index in [0.717, 1.165) is 11.1 Å². The number of nitriles is 1. The highest BCUT2D eigenvalue weighted by Gasteiger charge is 2.02. The molecule has 12 heavy (non-hydrogen) atoms. The number of aromatic nitrogens is 1. The molecule has 0 atom stereocenters. The Morgan fingerprint density at radius 2 is 2.33 bits per heavy atom. The molecular weight excluding hydrogens is 152 g/mol. The average Bonchev–Trinajstić information content (AvgIpc) is 2.49. The van der Waals surface area contributed by atoms with E-state index in [9.17, 15) is 0 Å². The second kappa shape index (κ2) is 2.35. The molecule has 3 heteroatoms. The maximum Gasteiger partial charge on any atom is 0.181 e. The molecule has 0 saturated heterocycles. The van der Waals surface area contributed by atoms with Crippen molar-refractivity contribution in [3.63, 3.8) is 0 Å². The lowest BCUT2D eigenvalue weighted by Crippen LogP contribution is -1.80. The molecule has 0 bridgehead atoms. The van der Waals surface area contributed by atoms with E-state index in [2.05, 4.69) is 11.1 Å². The molecule has 3 nitrogen and oxygen atoms in total. The summed E-state index contributed by atoms with van der Waals surface area (Å²) in [5.41, 5.74) is 3.03. The first-order chi connectivity index (χ1) is 5.81. The summed E-state index contributed by atoms with van der Waals surface area (Å²) in [5, 5.41) is 8.70. The van der Waals surface area contributed by atoms with Gasteiger partial charge in [0.2, 0.25) is 0 Å². The molecule has 0 amide bonds. The first-order valence-electron chi connectivity index (χ1n) is 3.55. The Morgan fingerprint density at radius 1 is 1.50 bits per heavy atom. The number of rotatable bonds is 0. The van der Waals surface area contributed by atoms with Crippen molar-refractivity contribution >= 4 is 11.1 Å². The van der Waals surface area contributed by atoms with E-state index in [4.69, 9.17) is 9.68 Å². The van der Waals surface area contributed by atoms with Crippen LogP contribution in [0.1, 0.15) is 11.1 Å². The van der Waals surface area contributed by atoms with Gasteiger partial charge in [0.05, 0.1) is 11.6 Å². The zero-order valence-electron chi connectivity index (χ0n) is 6.53. The number of nitrogens with zero attached hydrogens (tertiary/aromatic N) is 2. The van der Waals surface area contributed by atoms with Crippen LogP contribution in [0, 0.1) is 18.3 Å². The van der Waals surface area contributed by atoms with Crippen molar-refractivity contribution in [2.75, 3.05) is 0 Å². The monoisotopic (exact) mass is 158 g/mol. The van der Waals surface area contributed by atoms with E-state index in [-0.39, 0.29) is 0 Å². The van der Waals surface area contributed by atoms with Gasteiger partial charge in [-0.1, -0.05) is 0 Å². The van der Waals surface area contributed by atoms with Gasteiger partial charge in [0.15, 0.2) is 12.0 Å². The number of fused-ring (bicyclic) bond motifs is 1. The molecule has 0 unspecified atom stereocenters. The van der Waals surface area contributed by atoms with Crippen LogP contribution in [0.4, 0.5) is 0 Å². The first kappa shape index (κ1) is 6.86. The minimum Gasteiger partial charge on any atom is -0.443 e. The molecule has 0 N–H and O–H groups in total. The van der Waals surface area contributed by atoms with Crippen LogP contribution in [0.15, 0.2) is 22.9 Å². The van der Waals surface area contributed by atoms with Gasteiger partial charge < -0.3 is 4.42 Å². The van der Waals surface area contributed by atoms with E-state index >= 15 is 0 Å². The third-order valence-electron chi connectivity index (χ3n) is 1.80. The van der Waals surface area contributed by atoms with Crippen LogP contribution < -0.4 is 0 Å². The molecule has 1 aromatic carbocycles. The van der Waals surface area contributed by atoms with Gasteiger partial charge in [-0.15, -0.1) is 0 Å². The molecule has 2 aromatic rings.